The molecule has 170 valence electrons. The molecule has 3 aliphatic carbocycles. The number of para-hydroxylation sites is 1. The normalized spacial score (nSPS) is 42.4. The third kappa shape index (κ3) is 2.80. The zero-order valence-corrected chi connectivity index (χ0v) is 19.5. The third-order valence-corrected chi connectivity index (χ3v) is 10.4. The van der Waals surface area contributed by atoms with Gasteiger partial charge in [0.25, 0.3) is 0 Å². The molecule has 3 fully saturated rings. The molecule has 1 aromatic rings. The number of fused-ring (bicyclic) bond motifs is 6. The number of nitrogens with one attached hydrogen (secondary N) is 1. The van der Waals surface area contributed by atoms with E-state index in [9.17, 15) is 9.59 Å². The van der Waals surface area contributed by atoms with E-state index in [1.165, 1.54) is 24.8 Å². The molecule has 0 radical (unpaired) electrons. The Balaban J connectivity index is 1.28. The Kier molecular flexibility index (Phi) is 4.61. The van der Waals surface area contributed by atoms with Gasteiger partial charge in [-0.3, -0.25) is 9.59 Å². The average molecular weight is 433 g/mol. The lowest BCUT2D eigenvalue weighted by Crippen LogP contribution is -2.59. The van der Waals surface area contributed by atoms with Crippen molar-refractivity contribution in [1.29, 1.82) is 0 Å². The van der Waals surface area contributed by atoms with Crippen molar-refractivity contribution in [2.75, 3.05) is 11.4 Å². The van der Waals surface area contributed by atoms with Gasteiger partial charge >= 0.3 is 0 Å². The molecule has 4 nitrogen and oxygen atoms in total. The summed E-state index contributed by atoms with van der Waals surface area (Å²) in [5, 5.41) is 3.25. The minimum atomic E-state index is 0.0616. The molecule has 4 heteroatoms. The first-order chi connectivity index (χ1) is 15.4. The van der Waals surface area contributed by atoms with Crippen LogP contribution >= 0.6 is 0 Å². The SMILES string of the molecule is C[C@]12C=CC(=O)NC1CCC1C2CC[C@]2(C)C(C(=O)N3CCCc4ccccc43)CCC12. The molecule has 1 N–H and O–H groups in total. The highest BCUT2D eigenvalue weighted by atomic mass is 16.2. The first-order valence-electron chi connectivity index (χ1n) is 12.8. The second-order valence-electron chi connectivity index (χ2n) is 11.6. The monoisotopic (exact) mass is 432 g/mol. The van der Waals surface area contributed by atoms with E-state index in [-0.39, 0.29) is 28.7 Å². The summed E-state index contributed by atoms with van der Waals surface area (Å²) in [6, 6.07) is 8.78. The maximum Gasteiger partial charge on any atom is 0.243 e. The summed E-state index contributed by atoms with van der Waals surface area (Å²) in [5.41, 5.74) is 2.65. The Hall–Kier alpha value is -2.10. The number of aryl methyl sites for hydroxylation is 1. The van der Waals surface area contributed by atoms with E-state index in [2.05, 4.69) is 54.4 Å². The fraction of sp³-hybridized carbons (Fsp3) is 0.643. The lowest BCUT2D eigenvalue weighted by molar-refractivity contribution is -0.132. The van der Waals surface area contributed by atoms with Crippen LogP contribution in [0.5, 0.6) is 0 Å². The molecule has 0 aromatic heterocycles. The van der Waals surface area contributed by atoms with E-state index in [4.69, 9.17) is 0 Å². The standard InChI is InChI=1S/C28H36N2O2/c1-27-15-13-21-19(9-12-24-28(21,2)16-14-25(31)29-24)20(27)10-11-22(27)26(32)30-17-5-7-18-6-3-4-8-23(18)30/h3-4,6,8,14,16,19-22,24H,5,7,9-13,15,17H2,1-2H3,(H,29,31)/t19?,20?,21?,22?,24?,27-,28+/m0/s1. The molecular weight excluding hydrogens is 396 g/mol. The van der Waals surface area contributed by atoms with Gasteiger partial charge in [-0.05, 0) is 92.2 Å². The zero-order valence-electron chi connectivity index (χ0n) is 19.5. The Bertz CT molecular complexity index is 985. The largest absolute Gasteiger partial charge is 0.349 e. The molecular formula is C28H36N2O2. The molecule has 5 unspecified atom stereocenters. The molecule has 32 heavy (non-hydrogen) atoms. The molecule has 2 amide bonds. The van der Waals surface area contributed by atoms with Crippen LogP contribution in [0.25, 0.3) is 0 Å². The summed E-state index contributed by atoms with van der Waals surface area (Å²) in [5.74, 6) is 2.50. The van der Waals surface area contributed by atoms with Crippen molar-refractivity contribution in [3.63, 3.8) is 0 Å². The molecule has 2 aliphatic heterocycles. The molecule has 1 aromatic carbocycles. The number of rotatable bonds is 1. The quantitative estimate of drug-likeness (QED) is 0.688. The van der Waals surface area contributed by atoms with Crippen LogP contribution in [-0.2, 0) is 16.0 Å². The Labute approximate surface area is 191 Å². The number of nitrogens with zero attached hydrogens (tertiary/aromatic N) is 1. The van der Waals surface area contributed by atoms with Crippen LogP contribution in [0.15, 0.2) is 36.4 Å². The highest BCUT2D eigenvalue weighted by Gasteiger charge is 2.61. The molecule has 5 aliphatic rings. The van der Waals surface area contributed by atoms with Gasteiger partial charge < -0.3 is 10.2 Å². The summed E-state index contributed by atoms with van der Waals surface area (Å²) in [6.45, 7) is 5.67. The van der Waals surface area contributed by atoms with Gasteiger partial charge in [-0.2, -0.15) is 0 Å². The van der Waals surface area contributed by atoms with E-state index in [1.54, 1.807) is 6.08 Å². The number of hydrogen-bond acceptors (Lipinski definition) is 2. The molecule has 6 rings (SSSR count). The van der Waals surface area contributed by atoms with Gasteiger partial charge in [0, 0.05) is 29.6 Å². The molecule has 7 atom stereocenters. The van der Waals surface area contributed by atoms with Gasteiger partial charge in [0.2, 0.25) is 11.8 Å². The van der Waals surface area contributed by atoms with Gasteiger partial charge in [-0.1, -0.05) is 38.1 Å². The maximum atomic E-state index is 14.0. The molecule has 0 spiro atoms. The van der Waals surface area contributed by atoms with E-state index in [0.29, 0.717) is 23.7 Å². The van der Waals surface area contributed by atoms with E-state index in [0.717, 1.165) is 44.3 Å². The lowest BCUT2D eigenvalue weighted by atomic mass is 9.48. The van der Waals surface area contributed by atoms with Crippen LogP contribution in [0.2, 0.25) is 0 Å². The van der Waals surface area contributed by atoms with Crippen LogP contribution in [0, 0.1) is 34.5 Å². The Morgan fingerprint density at radius 1 is 1.06 bits per heavy atom. The first-order valence-corrected chi connectivity index (χ1v) is 12.8. The highest BCUT2D eigenvalue weighted by molar-refractivity contribution is 5.97. The average Bonchev–Trinajstić information content (AvgIpc) is 3.16. The fourth-order valence-electron chi connectivity index (χ4n) is 8.69. The van der Waals surface area contributed by atoms with Crippen LogP contribution in [0.3, 0.4) is 0 Å². The van der Waals surface area contributed by atoms with Crippen LogP contribution in [-0.4, -0.2) is 24.4 Å². The minimum absolute atomic E-state index is 0.0616. The predicted molar refractivity (Wildman–Crippen MR) is 126 cm³/mol. The minimum Gasteiger partial charge on any atom is -0.349 e. The number of hydrogen-bond donors (Lipinski definition) is 1. The van der Waals surface area contributed by atoms with Gasteiger partial charge in [-0.15, -0.1) is 0 Å². The predicted octanol–water partition coefficient (Wildman–Crippen LogP) is 4.88. The zero-order chi connectivity index (χ0) is 22.1. The van der Waals surface area contributed by atoms with E-state index in [1.807, 2.05) is 0 Å². The molecule has 2 heterocycles. The highest BCUT2D eigenvalue weighted by Crippen LogP contribution is 2.65. The van der Waals surface area contributed by atoms with Crippen molar-refractivity contribution in [1.82, 2.24) is 5.32 Å². The van der Waals surface area contributed by atoms with Crippen molar-refractivity contribution >= 4 is 17.5 Å². The summed E-state index contributed by atoms with van der Waals surface area (Å²) in [7, 11) is 0. The number of amides is 2. The first kappa shape index (κ1) is 20.5. The second-order valence-corrected chi connectivity index (χ2v) is 11.6. The van der Waals surface area contributed by atoms with E-state index >= 15 is 0 Å². The van der Waals surface area contributed by atoms with Crippen molar-refractivity contribution < 1.29 is 9.59 Å². The molecule has 0 bridgehead atoms. The summed E-state index contributed by atoms with van der Waals surface area (Å²) in [6.07, 6.45) is 12.9. The lowest BCUT2D eigenvalue weighted by Gasteiger charge is -2.58. The van der Waals surface area contributed by atoms with Crippen molar-refractivity contribution in [2.24, 2.45) is 34.5 Å². The van der Waals surface area contributed by atoms with Crippen molar-refractivity contribution in [2.45, 2.75) is 71.3 Å². The molecule has 0 saturated heterocycles. The Morgan fingerprint density at radius 3 is 2.78 bits per heavy atom. The van der Waals surface area contributed by atoms with E-state index < -0.39 is 0 Å². The number of carbonyl (C=O) groups is 2. The maximum absolute atomic E-state index is 14.0. The Morgan fingerprint density at radius 2 is 1.91 bits per heavy atom. The van der Waals surface area contributed by atoms with Crippen LogP contribution < -0.4 is 10.2 Å². The van der Waals surface area contributed by atoms with Crippen molar-refractivity contribution in [3.8, 4) is 0 Å². The summed E-state index contributed by atoms with van der Waals surface area (Å²) in [4.78, 5) is 28.1. The third-order valence-electron chi connectivity index (χ3n) is 10.4. The number of benzene rings is 1. The summed E-state index contributed by atoms with van der Waals surface area (Å²) >= 11 is 0. The van der Waals surface area contributed by atoms with Crippen LogP contribution in [0.4, 0.5) is 5.69 Å². The van der Waals surface area contributed by atoms with Gasteiger partial charge in [0.15, 0.2) is 0 Å². The molecule has 3 saturated carbocycles. The van der Waals surface area contributed by atoms with Gasteiger partial charge in [-0.25, -0.2) is 0 Å². The fourth-order valence-corrected chi connectivity index (χ4v) is 8.69. The van der Waals surface area contributed by atoms with Crippen LogP contribution in [0.1, 0.15) is 64.4 Å². The number of anilines is 1. The second kappa shape index (κ2) is 7.20. The van der Waals surface area contributed by atoms with Gasteiger partial charge in [0.1, 0.15) is 0 Å². The smallest absolute Gasteiger partial charge is 0.243 e. The number of carbonyl (C=O) groups excluding carboxylic acids is 2. The summed E-state index contributed by atoms with van der Waals surface area (Å²) < 4.78 is 0. The van der Waals surface area contributed by atoms with Crippen molar-refractivity contribution in [3.05, 3.63) is 42.0 Å². The topological polar surface area (TPSA) is 49.4 Å². The van der Waals surface area contributed by atoms with Gasteiger partial charge in [0.05, 0.1) is 0 Å².